The van der Waals surface area contributed by atoms with Gasteiger partial charge in [0.05, 0.1) is 17.0 Å². The SMILES string of the molecule is Cc1cc(CC(=O)Nc2cccc(S(=O)(=O)NCCN)c2)no1.Cl. The molecule has 0 atom stereocenters. The summed E-state index contributed by atoms with van der Waals surface area (Å²) in [6, 6.07) is 7.64. The Morgan fingerprint density at radius 2 is 2.08 bits per heavy atom. The number of hydrogen-bond acceptors (Lipinski definition) is 6. The lowest BCUT2D eigenvalue weighted by Gasteiger charge is -2.08. The molecule has 1 heterocycles. The van der Waals surface area contributed by atoms with Gasteiger partial charge in [0.2, 0.25) is 15.9 Å². The fourth-order valence-corrected chi connectivity index (χ4v) is 2.98. The molecule has 0 saturated carbocycles. The molecule has 24 heavy (non-hydrogen) atoms. The van der Waals surface area contributed by atoms with Crippen LogP contribution in [-0.2, 0) is 21.2 Å². The van der Waals surface area contributed by atoms with Crippen LogP contribution in [0.5, 0.6) is 0 Å². The average molecular weight is 375 g/mol. The highest BCUT2D eigenvalue weighted by Gasteiger charge is 2.14. The lowest BCUT2D eigenvalue weighted by Crippen LogP contribution is -2.29. The van der Waals surface area contributed by atoms with Gasteiger partial charge in [-0.1, -0.05) is 11.2 Å². The van der Waals surface area contributed by atoms with Crippen molar-refractivity contribution < 1.29 is 17.7 Å². The molecule has 0 radical (unpaired) electrons. The summed E-state index contributed by atoms with van der Waals surface area (Å²) in [4.78, 5) is 12.0. The summed E-state index contributed by atoms with van der Waals surface area (Å²) in [5, 5.41) is 6.37. The number of amides is 1. The van der Waals surface area contributed by atoms with Crippen molar-refractivity contribution in [1.29, 1.82) is 0 Å². The number of aromatic nitrogens is 1. The molecule has 0 fully saturated rings. The highest BCUT2D eigenvalue weighted by Crippen LogP contribution is 2.15. The predicted molar refractivity (Wildman–Crippen MR) is 91.5 cm³/mol. The lowest BCUT2D eigenvalue weighted by atomic mass is 10.2. The average Bonchev–Trinajstić information content (AvgIpc) is 2.90. The number of nitrogens with one attached hydrogen (secondary N) is 2. The fourth-order valence-electron chi connectivity index (χ4n) is 1.89. The van der Waals surface area contributed by atoms with Gasteiger partial charge in [-0.25, -0.2) is 13.1 Å². The van der Waals surface area contributed by atoms with Gasteiger partial charge in [-0.3, -0.25) is 4.79 Å². The molecule has 0 aliphatic heterocycles. The van der Waals surface area contributed by atoms with E-state index in [0.717, 1.165) is 0 Å². The van der Waals surface area contributed by atoms with E-state index in [1.54, 1.807) is 25.1 Å². The number of nitrogens with zero attached hydrogens (tertiary/aromatic N) is 1. The summed E-state index contributed by atoms with van der Waals surface area (Å²) in [5.41, 5.74) is 6.18. The Labute approximate surface area is 146 Å². The first-order valence-corrected chi connectivity index (χ1v) is 8.41. The highest BCUT2D eigenvalue weighted by atomic mass is 35.5. The molecular formula is C14H19ClN4O4S. The maximum atomic E-state index is 12.0. The van der Waals surface area contributed by atoms with Crippen molar-refractivity contribution in [3.63, 3.8) is 0 Å². The maximum Gasteiger partial charge on any atom is 0.240 e. The van der Waals surface area contributed by atoms with Gasteiger partial charge in [-0.2, -0.15) is 0 Å². The van der Waals surface area contributed by atoms with Gasteiger partial charge in [0.15, 0.2) is 0 Å². The minimum atomic E-state index is -3.64. The minimum absolute atomic E-state index is 0. The lowest BCUT2D eigenvalue weighted by molar-refractivity contribution is -0.115. The molecule has 8 nitrogen and oxygen atoms in total. The summed E-state index contributed by atoms with van der Waals surface area (Å²) < 4.78 is 31.3. The number of benzene rings is 1. The normalized spacial score (nSPS) is 10.9. The zero-order valence-corrected chi connectivity index (χ0v) is 14.6. The van der Waals surface area contributed by atoms with Gasteiger partial charge in [0.1, 0.15) is 5.76 Å². The number of sulfonamides is 1. The number of hydrogen-bond donors (Lipinski definition) is 3. The Balaban J connectivity index is 0.00000288. The van der Waals surface area contributed by atoms with Crippen molar-refractivity contribution in [2.24, 2.45) is 5.73 Å². The monoisotopic (exact) mass is 374 g/mol. The Morgan fingerprint density at radius 1 is 1.33 bits per heavy atom. The quantitative estimate of drug-likeness (QED) is 0.658. The molecule has 0 bridgehead atoms. The van der Waals surface area contributed by atoms with E-state index in [-0.39, 0.29) is 42.7 Å². The van der Waals surface area contributed by atoms with Gasteiger partial charge in [0.25, 0.3) is 0 Å². The first kappa shape index (κ1) is 20.1. The van der Waals surface area contributed by atoms with Gasteiger partial charge in [-0.05, 0) is 25.1 Å². The summed E-state index contributed by atoms with van der Waals surface area (Å²) in [5.74, 6) is 0.301. The molecule has 0 unspecified atom stereocenters. The van der Waals surface area contributed by atoms with Crippen LogP contribution in [0.25, 0.3) is 0 Å². The van der Waals surface area contributed by atoms with E-state index >= 15 is 0 Å². The number of nitrogens with two attached hydrogens (primary N) is 1. The van der Waals surface area contributed by atoms with Crippen LogP contribution in [0.1, 0.15) is 11.5 Å². The number of carbonyl (C=O) groups excluding carboxylic acids is 1. The molecule has 132 valence electrons. The number of halogens is 1. The van der Waals surface area contributed by atoms with Gasteiger partial charge >= 0.3 is 0 Å². The summed E-state index contributed by atoms with van der Waals surface area (Å²) in [6.45, 7) is 2.08. The number of anilines is 1. The molecule has 2 rings (SSSR count). The van der Waals surface area contributed by atoms with Crippen LogP contribution >= 0.6 is 12.4 Å². The van der Waals surface area contributed by atoms with Crippen LogP contribution in [-0.4, -0.2) is 32.6 Å². The molecule has 0 aliphatic carbocycles. The largest absolute Gasteiger partial charge is 0.361 e. The summed E-state index contributed by atoms with van der Waals surface area (Å²) in [7, 11) is -3.64. The molecule has 10 heteroatoms. The topological polar surface area (TPSA) is 127 Å². The molecule has 0 spiro atoms. The zero-order chi connectivity index (χ0) is 16.9. The molecule has 0 aliphatic rings. The van der Waals surface area contributed by atoms with Crippen molar-refractivity contribution in [2.75, 3.05) is 18.4 Å². The molecule has 1 aromatic heterocycles. The van der Waals surface area contributed by atoms with Gasteiger partial charge in [-0.15, -0.1) is 12.4 Å². The van der Waals surface area contributed by atoms with Crippen molar-refractivity contribution >= 4 is 34.0 Å². The smallest absolute Gasteiger partial charge is 0.240 e. The van der Waals surface area contributed by atoms with Crippen LogP contribution in [0.4, 0.5) is 5.69 Å². The molecule has 2 aromatic rings. The summed E-state index contributed by atoms with van der Waals surface area (Å²) >= 11 is 0. The van der Waals surface area contributed by atoms with E-state index < -0.39 is 10.0 Å². The van der Waals surface area contributed by atoms with Crippen LogP contribution in [0.15, 0.2) is 39.8 Å². The minimum Gasteiger partial charge on any atom is -0.361 e. The molecule has 1 amide bonds. The third kappa shape index (κ3) is 5.60. The van der Waals surface area contributed by atoms with Gasteiger partial charge < -0.3 is 15.6 Å². The molecule has 1 aromatic carbocycles. The standard InChI is InChI=1S/C14H18N4O4S.ClH/c1-10-7-12(18-22-10)9-14(19)17-11-3-2-4-13(8-11)23(20,21)16-6-5-15;/h2-4,7-8,16H,5-6,9,15H2,1H3,(H,17,19);1H. The Hall–Kier alpha value is -1.94. The second-order valence-corrected chi connectivity index (χ2v) is 6.64. The third-order valence-corrected chi connectivity index (χ3v) is 4.34. The van der Waals surface area contributed by atoms with E-state index in [1.165, 1.54) is 12.1 Å². The van der Waals surface area contributed by atoms with Crippen molar-refractivity contribution in [3.8, 4) is 0 Å². The predicted octanol–water partition coefficient (Wildman–Crippen LogP) is 0.823. The van der Waals surface area contributed by atoms with Crippen LogP contribution in [0.3, 0.4) is 0 Å². The fraction of sp³-hybridized carbons (Fsp3) is 0.286. The van der Waals surface area contributed by atoms with E-state index in [2.05, 4.69) is 15.2 Å². The number of aryl methyl sites for hydroxylation is 1. The van der Waals surface area contributed by atoms with Crippen molar-refractivity contribution in [2.45, 2.75) is 18.2 Å². The van der Waals surface area contributed by atoms with E-state index in [4.69, 9.17) is 10.3 Å². The third-order valence-electron chi connectivity index (χ3n) is 2.88. The Bertz CT molecular complexity index is 792. The van der Waals surface area contributed by atoms with Gasteiger partial charge in [0, 0.05) is 24.8 Å². The Morgan fingerprint density at radius 3 is 2.71 bits per heavy atom. The van der Waals surface area contributed by atoms with Crippen LogP contribution in [0, 0.1) is 6.92 Å². The van der Waals surface area contributed by atoms with Crippen molar-refractivity contribution in [1.82, 2.24) is 9.88 Å². The molecule has 4 N–H and O–H groups in total. The summed E-state index contributed by atoms with van der Waals surface area (Å²) in [6.07, 6.45) is 0.0414. The van der Waals surface area contributed by atoms with E-state index in [1.807, 2.05) is 0 Å². The zero-order valence-electron chi connectivity index (χ0n) is 13.0. The second kappa shape index (κ2) is 8.78. The van der Waals surface area contributed by atoms with E-state index in [9.17, 15) is 13.2 Å². The Kier molecular flexibility index (Phi) is 7.36. The molecule has 0 saturated heterocycles. The molecular weight excluding hydrogens is 356 g/mol. The number of rotatable bonds is 7. The second-order valence-electron chi connectivity index (χ2n) is 4.87. The maximum absolute atomic E-state index is 12.0. The first-order chi connectivity index (χ1) is 10.9. The van der Waals surface area contributed by atoms with Crippen LogP contribution < -0.4 is 15.8 Å². The van der Waals surface area contributed by atoms with Crippen molar-refractivity contribution in [3.05, 3.63) is 41.8 Å². The van der Waals surface area contributed by atoms with Crippen LogP contribution in [0.2, 0.25) is 0 Å². The first-order valence-electron chi connectivity index (χ1n) is 6.92. The van der Waals surface area contributed by atoms with E-state index in [0.29, 0.717) is 17.1 Å². The number of carbonyl (C=O) groups is 1. The highest BCUT2D eigenvalue weighted by molar-refractivity contribution is 7.89.